The predicted molar refractivity (Wildman–Crippen MR) is 58.2 cm³/mol. The van der Waals surface area contributed by atoms with Gasteiger partial charge < -0.3 is 4.74 Å². The zero-order valence-electron chi connectivity index (χ0n) is 7.77. The number of ether oxygens (including phenoxy) is 1. The molecule has 0 aromatic heterocycles. The number of rotatable bonds is 5. The molecule has 0 fully saturated rings. The first-order valence-electron chi connectivity index (χ1n) is 4.25. The highest BCUT2D eigenvalue weighted by atomic mass is 32.2. The highest BCUT2D eigenvalue weighted by Crippen LogP contribution is 2.16. The fraction of sp³-hybridized carbons (Fsp3) is 0.273. The molecule has 0 aliphatic rings. The SMILES string of the molecule is COC/C=C/CSc1ccccc1. The van der Waals surface area contributed by atoms with Crippen LogP contribution in [0.15, 0.2) is 47.4 Å². The van der Waals surface area contributed by atoms with Crippen LogP contribution in [0.4, 0.5) is 0 Å². The molecular formula is C11H14OS. The van der Waals surface area contributed by atoms with Crippen LogP contribution in [0.25, 0.3) is 0 Å². The molecular weight excluding hydrogens is 180 g/mol. The molecule has 0 bridgehead atoms. The van der Waals surface area contributed by atoms with Crippen LogP contribution in [-0.4, -0.2) is 19.5 Å². The second kappa shape index (κ2) is 6.75. The van der Waals surface area contributed by atoms with Gasteiger partial charge in [-0.15, -0.1) is 11.8 Å². The number of hydrogen-bond donors (Lipinski definition) is 0. The van der Waals surface area contributed by atoms with E-state index >= 15 is 0 Å². The number of hydrogen-bond acceptors (Lipinski definition) is 2. The average molecular weight is 194 g/mol. The minimum atomic E-state index is 0.704. The maximum atomic E-state index is 4.90. The van der Waals surface area contributed by atoms with Gasteiger partial charge in [-0.25, -0.2) is 0 Å². The van der Waals surface area contributed by atoms with Crippen molar-refractivity contribution in [1.29, 1.82) is 0 Å². The lowest BCUT2D eigenvalue weighted by molar-refractivity contribution is 0.234. The average Bonchev–Trinajstić information content (AvgIpc) is 2.19. The van der Waals surface area contributed by atoms with Gasteiger partial charge in [0.2, 0.25) is 0 Å². The van der Waals surface area contributed by atoms with E-state index in [1.54, 1.807) is 7.11 Å². The lowest BCUT2D eigenvalue weighted by Crippen LogP contribution is -1.81. The molecule has 0 heterocycles. The first kappa shape index (κ1) is 10.4. The Hall–Kier alpha value is -0.730. The largest absolute Gasteiger partial charge is 0.381 e. The summed E-state index contributed by atoms with van der Waals surface area (Å²) < 4.78 is 4.90. The molecule has 1 aromatic rings. The Bertz CT molecular complexity index is 244. The third kappa shape index (κ3) is 4.76. The van der Waals surface area contributed by atoms with Crippen molar-refractivity contribution in [1.82, 2.24) is 0 Å². The Kier molecular flexibility index (Phi) is 5.38. The molecule has 0 radical (unpaired) electrons. The number of thioether (sulfide) groups is 1. The molecule has 0 aliphatic heterocycles. The predicted octanol–water partition coefficient (Wildman–Crippen LogP) is 2.98. The van der Waals surface area contributed by atoms with Crippen LogP contribution in [0.5, 0.6) is 0 Å². The van der Waals surface area contributed by atoms with E-state index in [4.69, 9.17) is 4.74 Å². The van der Waals surface area contributed by atoms with E-state index in [2.05, 4.69) is 30.3 Å². The fourth-order valence-corrected chi connectivity index (χ4v) is 1.67. The van der Waals surface area contributed by atoms with Crippen LogP contribution >= 0.6 is 11.8 Å². The monoisotopic (exact) mass is 194 g/mol. The van der Waals surface area contributed by atoms with E-state index in [9.17, 15) is 0 Å². The van der Waals surface area contributed by atoms with Gasteiger partial charge in [-0.3, -0.25) is 0 Å². The van der Waals surface area contributed by atoms with Crippen molar-refractivity contribution in [2.24, 2.45) is 0 Å². The number of methoxy groups -OCH3 is 1. The summed E-state index contributed by atoms with van der Waals surface area (Å²) in [5.41, 5.74) is 0. The minimum absolute atomic E-state index is 0.704. The summed E-state index contributed by atoms with van der Waals surface area (Å²) in [5.74, 6) is 1.01. The zero-order chi connectivity index (χ0) is 9.36. The van der Waals surface area contributed by atoms with E-state index in [1.807, 2.05) is 23.9 Å². The Morgan fingerprint density at radius 3 is 2.69 bits per heavy atom. The first-order valence-corrected chi connectivity index (χ1v) is 5.24. The summed E-state index contributed by atoms with van der Waals surface area (Å²) in [6.07, 6.45) is 4.16. The van der Waals surface area contributed by atoms with E-state index in [0.717, 1.165) is 5.75 Å². The molecule has 0 unspecified atom stereocenters. The van der Waals surface area contributed by atoms with Crippen LogP contribution in [0.3, 0.4) is 0 Å². The Labute approximate surface area is 83.8 Å². The van der Waals surface area contributed by atoms with Crippen molar-refractivity contribution >= 4 is 11.8 Å². The molecule has 0 amide bonds. The molecule has 0 atom stereocenters. The zero-order valence-corrected chi connectivity index (χ0v) is 8.59. The van der Waals surface area contributed by atoms with Gasteiger partial charge >= 0.3 is 0 Å². The quantitative estimate of drug-likeness (QED) is 0.526. The molecule has 0 N–H and O–H groups in total. The molecule has 0 saturated carbocycles. The summed E-state index contributed by atoms with van der Waals surface area (Å²) in [4.78, 5) is 1.31. The maximum absolute atomic E-state index is 4.90. The molecule has 70 valence electrons. The molecule has 13 heavy (non-hydrogen) atoms. The second-order valence-electron chi connectivity index (χ2n) is 2.55. The van der Waals surface area contributed by atoms with Crippen LogP contribution in [0.1, 0.15) is 0 Å². The van der Waals surface area contributed by atoms with Gasteiger partial charge in [0.25, 0.3) is 0 Å². The standard InChI is InChI=1S/C11H14OS/c1-12-9-5-6-10-13-11-7-3-2-4-8-11/h2-8H,9-10H2,1H3/b6-5+. The normalized spacial score (nSPS) is 10.8. The van der Waals surface area contributed by atoms with Crippen LogP contribution in [0.2, 0.25) is 0 Å². The first-order chi connectivity index (χ1) is 6.43. The fourth-order valence-electron chi connectivity index (χ4n) is 0.893. The van der Waals surface area contributed by atoms with Crippen molar-refractivity contribution in [3.05, 3.63) is 42.5 Å². The van der Waals surface area contributed by atoms with Crippen LogP contribution in [0, 0.1) is 0 Å². The van der Waals surface area contributed by atoms with Crippen LogP contribution < -0.4 is 0 Å². The highest BCUT2D eigenvalue weighted by molar-refractivity contribution is 7.99. The molecule has 1 nitrogen and oxygen atoms in total. The molecule has 1 rings (SSSR count). The van der Waals surface area contributed by atoms with Crippen molar-refractivity contribution < 1.29 is 4.74 Å². The molecule has 1 aromatic carbocycles. The number of benzene rings is 1. The Morgan fingerprint density at radius 1 is 1.23 bits per heavy atom. The third-order valence-corrected chi connectivity index (χ3v) is 2.48. The van der Waals surface area contributed by atoms with Gasteiger partial charge in [0.05, 0.1) is 6.61 Å². The molecule has 0 saturated heterocycles. The van der Waals surface area contributed by atoms with Crippen molar-refractivity contribution in [2.45, 2.75) is 4.90 Å². The lowest BCUT2D eigenvalue weighted by Gasteiger charge is -1.95. The Morgan fingerprint density at radius 2 is 2.00 bits per heavy atom. The van der Waals surface area contributed by atoms with E-state index in [1.165, 1.54) is 4.90 Å². The molecule has 0 spiro atoms. The highest BCUT2D eigenvalue weighted by Gasteiger charge is 1.87. The third-order valence-electron chi connectivity index (χ3n) is 1.52. The van der Waals surface area contributed by atoms with Crippen molar-refractivity contribution in [2.75, 3.05) is 19.5 Å². The summed E-state index contributed by atoms with van der Waals surface area (Å²) in [5, 5.41) is 0. The second-order valence-corrected chi connectivity index (χ2v) is 3.64. The van der Waals surface area contributed by atoms with Gasteiger partial charge in [-0.2, -0.15) is 0 Å². The van der Waals surface area contributed by atoms with E-state index in [-0.39, 0.29) is 0 Å². The summed E-state index contributed by atoms with van der Waals surface area (Å²) in [6, 6.07) is 10.4. The Balaban J connectivity index is 2.20. The van der Waals surface area contributed by atoms with E-state index < -0.39 is 0 Å². The van der Waals surface area contributed by atoms with Gasteiger partial charge in [0, 0.05) is 17.8 Å². The van der Waals surface area contributed by atoms with Crippen LogP contribution in [-0.2, 0) is 4.74 Å². The smallest absolute Gasteiger partial charge is 0.0643 e. The van der Waals surface area contributed by atoms with Gasteiger partial charge in [0.1, 0.15) is 0 Å². The van der Waals surface area contributed by atoms with Gasteiger partial charge in [-0.1, -0.05) is 30.4 Å². The summed E-state index contributed by atoms with van der Waals surface area (Å²) in [7, 11) is 1.70. The van der Waals surface area contributed by atoms with Crippen molar-refractivity contribution in [3.63, 3.8) is 0 Å². The minimum Gasteiger partial charge on any atom is -0.381 e. The lowest BCUT2D eigenvalue weighted by atomic mass is 10.4. The topological polar surface area (TPSA) is 9.23 Å². The maximum Gasteiger partial charge on any atom is 0.0643 e. The van der Waals surface area contributed by atoms with E-state index in [0.29, 0.717) is 6.61 Å². The van der Waals surface area contributed by atoms with Crippen molar-refractivity contribution in [3.8, 4) is 0 Å². The molecule has 0 aliphatic carbocycles. The summed E-state index contributed by atoms with van der Waals surface area (Å²) >= 11 is 1.83. The summed E-state index contributed by atoms with van der Waals surface area (Å²) in [6.45, 7) is 0.704. The van der Waals surface area contributed by atoms with Gasteiger partial charge in [0.15, 0.2) is 0 Å². The molecule has 2 heteroatoms. The van der Waals surface area contributed by atoms with Gasteiger partial charge in [-0.05, 0) is 12.1 Å².